The molecule has 0 unspecified atom stereocenters. The van der Waals surface area contributed by atoms with Crippen LogP contribution in [0.1, 0.15) is 11.1 Å². The molecule has 3 aromatic heterocycles. The number of carbonyl (C=O) groups excluding carboxylic acids is 1. The third-order valence-electron chi connectivity index (χ3n) is 6.85. The van der Waals surface area contributed by atoms with Gasteiger partial charge in [-0.05, 0) is 61.6 Å². The van der Waals surface area contributed by atoms with E-state index in [0.29, 0.717) is 34.1 Å². The van der Waals surface area contributed by atoms with E-state index in [0.717, 1.165) is 28.0 Å². The normalized spacial score (nSPS) is 11.3. The number of aromatic nitrogens is 4. The summed E-state index contributed by atoms with van der Waals surface area (Å²) in [6.07, 6.45) is 0. The summed E-state index contributed by atoms with van der Waals surface area (Å²) in [6, 6.07) is 12.9. The summed E-state index contributed by atoms with van der Waals surface area (Å²) in [5.41, 5.74) is 2.18. The molecule has 234 valence electrons. The Labute approximate surface area is 260 Å². The van der Waals surface area contributed by atoms with Gasteiger partial charge in [0.25, 0.3) is 5.56 Å². The average Bonchev–Trinajstić information content (AvgIpc) is 3.36. The lowest BCUT2D eigenvalue weighted by Crippen LogP contribution is -2.40. The molecule has 0 saturated heterocycles. The first-order valence-corrected chi connectivity index (χ1v) is 14.4. The van der Waals surface area contributed by atoms with Crippen molar-refractivity contribution >= 4 is 39.1 Å². The summed E-state index contributed by atoms with van der Waals surface area (Å²) in [7, 11) is 8.53. The maximum atomic E-state index is 14.9. The number of carbonyl (C=O) groups is 1. The fourth-order valence-electron chi connectivity index (χ4n) is 4.78. The number of amides is 2. The highest BCUT2D eigenvalue weighted by Crippen LogP contribution is 2.38. The standard InChI is InChI=1S/C30H30F2N8O4S/c1-37(2)15-20-25-27(41)40(24-14-13-23(34-35-24)38(3)4)30(43)39(16-19-21(31)7-6-8-22(19)32)28(25)45-26(20)17-9-11-18(12-10-17)33-29(42)36-44-5/h6-14H,15-16H2,1-5H3,(H2,33,36,42). The fourth-order valence-corrected chi connectivity index (χ4v) is 6.08. The van der Waals surface area contributed by atoms with Gasteiger partial charge in [0.1, 0.15) is 16.5 Å². The molecule has 0 bridgehead atoms. The van der Waals surface area contributed by atoms with E-state index in [-0.39, 0.29) is 21.6 Å². The van der Waals surface area contributed by atoms with Crippen LogP contribution in [0.5, 0.6) is 0 Å². The number of hydrogen-bond donors (Lipinski definition) is 2. The molecular formula is C30H30F2N8O4S. The summed E-state index contributed by atoms with van der Waals surface area (Å²) in [5, 5.41) is 11.1. The van der Waals surface area contributed by atoms with Crippen molar-refractivity contribution in [1.82, 2.24) is 29.7 Å². The molecule has 5 rings (SSSR count). The Balaban J connectivity index is 1.79. The highest BCUT2D eigenvalue weighted by molar-refractivity contribution is 7.22. The number of anilines is 2. The highest BCUT2D eigenvalue weighted by atomic mass is 32.1. The molecule has 15 heteroatoms. The van der Waals surface area contributed by atoms with Gasteiger partial charge in [0.05, 0.1) is 19.0 Å². The Bertz CT molecular complexity index is 1970. The molecule has 5 aromatic rings. The molecule has 0 aliphatic carbocycles. The summed E-state index contributed by atoms with van der Waals surface area (Å²) in [5.74, 6) is -1.18. The van der Waals surface area contributed by atoms with Crippen molar-refractivity contribution in [1.29, 1.82) is 0 Å². The topological polar surface area (TPSA) is 127 Å². The van der Waals surface area contributed by atoms with E-state index in [2.05, 4.69) is 25.8 Å². The van der Waals surface area contributed by atoms with Crippen molar-refractivity contribution in [3.05, 3.63) is 98.2 Å². The average molecular weight is 637 g/mol. The van der Waals surface area contributed by atoms with Crippen LogP contribution in [-0.4, -0.2) is 65.6 Å². The molecule has 0 spiro atoms. The molecule has 2 aromatic carbocycles. The third-order valence-corrected chi connectivity index (χ3v) is 8.15. The predicted molar refractivity (Wildman–Crippen MR) is 169 cm³/mol. The lowest BCUT2D eigenvalue weighted by Gasteiger charge is -2.15. The van der Waals surface area contributed by atoms with Crippen molar-refractivity contribution in [2.75, 3.05) is 45.5 Å². The van der Waals surface area contributed by atoms with E-state index in [1.807, 2.05) is 19.0 Å². The minimum atomic E-state index is -0.825. The summed E-state index contributed by atoms with van der Waals surface area (Å²) in [6.45, 7) is -0.172. The van der Waals surface area contributed by atoms with Gasteiger partial charge in [-0.15, -0.1) is 21.5 Å². The van der Waals surface area contributed by atoms with Crippen LogP contribution in [0.15, 0.2) is 64.2 Å². The van der Waals surface area contributed by atoms with Crippen LogP contribution < -0.4 is 26.9 Å². The Hall–Kier alpha value is -4.99. The van der Waals surface area contributed by atoms with Crippen LogP contribution in [-0.2, 0) is 17.9 Å². The van der Waals surface area contributed by atoms with E-state index in [1.165, 1.54) is 23.8 Å². The van der Waals surface area contributed by atoms with E-state index in [1.54, 1.807) is 49.3 Å². The highest BCUT2D eigenvalue weighted by Gasteiger charge is 2.26. The first-order chi connectivity index (χ1) is 21.5. The quantitative estimate of drug-likeness (QED) is 0.234. The Morgan fingerprint density at radius 1 is 0.956 bits per heavy atom. The Morgan fingerprint density at radius 2 is 1.64 bits per heavy atom. The number of nitrogens with zero attached hydrogens (tertiary/aromatic N) is 6. The molecule has 0 aliphatic heterocycles. The van der Waals surface area contributed by atoms with Crippen molar-refractivity contribution < 1.29 is 18.4 Å². The van der Waals surface area contributed by atoms with E-state index in [4.69, 9.17) is 0 Å². The molecule has 12 nitrogen and oxygen atoms in total. The minimum absolute atomic E-state index is 0.0337. The number of nitrogens with one attached hydrogen (secondary N) is 2. The predicted octanol–water partition coefficient (Wildman–Crippen LogP) is 3.81. The maximum absolute atomic E-state index is 14.9. The second-order valence-corrected chi connectivity index (χ2v) is 11.5. The van der Waals surface area contributed by atoms with Gasteiger partial charge in [-0.3, -0.25) is 14.2 Å². The SMILES string of the molecule is CONC(=O)Nc1ccc(-c2sc3c(c2CN(C)C)c(=O)n(-c2ccc(N(C)C)nn2)c(=O)n3Cc2c(F)cccc2F)cc1. The molecule has 0 fully saturated rings. The van der Waals surface area contributed by atoms with Crippen molar-refractivity contribution in [2.45, 2.75) is 13.1 Å². The second kappa shape index (κ2) is 12.9. The molecule has 0 radical (unpaired) electrons. The molecule has 0 saturated carbocycles. The number of urea groups is 1. The van der Waals surface area contributed by atoms with E-state index in [9.17, 15) is 23.2 Å². The molecule has 2 amide bonds. The summed E-state index contributed by atoms with van der Waals surface area (Å²) in [4.78, 5) is 49.3. The van der Waals surface area contributed by atoms with Crippen LogP contribution >= 0.6 is 11.3 Å². The number of benzene rings is 2. The number of thiophene rings is 1. The molecule has 2 N–H and O–H groups in total. The zero-order valence-electron chi connectivity index (χ0n) is 25.1. The van der Waals surface area contributed by atoms with Gasteiger partial charge in [-0.2, -0.15) is 0 Å². The minimum Gasteiger partial charge on any atom is -0.361 e. The van der Waals surface area contributed by atoms with Gasteiger partial charge < -0.3 is 15.1 Å². The van der Waals surface area contributed by atoms with E-state index >= 15 is 0 Å². The first-order valence-electron chi connectivity index (χ1n) is 13.6. The molecular weight excluding hydrogens is 606 g/mol. The monoisotopic (exact) mass is 636 g/mol. The van der Waals surface area contributed by atoms with Crippen molar-refractivity contribution in [3.63, 3.8) is 0 Å². The first kappa shape index (κ1) is 31.4. The lowest BCUT2D eigenvalue weighted by molar-refractivity contribution is 0.114. The lowest BCUT2D eigenvalue weighted by atomic mass is 10.1. The molecule has 3 heterocycles. The van der Waals surface area contributed by atoms with Crippen LogP contribution in [0, 0.1) is 11.6 Å². The number of rotatable bonds is 9. The Morgan fingerprint density at radius 3 is 2.22 bits per heavy atom. The van der Waals surface area contributed by atoms with Crippen molar-refractivity contribution in [3.8, 4) is 16.3 Å². The van der Waals surface area contributed by atoms with Crippen LogP contribution in [0.3, 0.4) is 0 Å². The molecule has 45 heavy (non-hydrogen) atoms. The zero-order chi connectivity index (χ0) is 32.4. The van der Waals surface area contributed by atoms with Gasteiger partial charge in [0.2, 0.25) is 0 Å². The number of hydrogen-bond acceptors (Lipinski definition) is 9. The van der Waals surface area contributed by atoms with Gasteiger partial charge in [-0.1, -0.05) is 18.2 Å². The van der Waals surface area contributed by atoms with Gasteiger partial charge in [0.15, 0.2) is 11.6 Å². The maximum Gasteiger partial charge on any atom is 0.343 e. The number of fused-ring (bicyclic) bond motifs is 1. The van der Waals surface area contributed by atoms with Gasteiger partial charge >= 0.3 is 11.7 Å². The number of hydroxylamine groups is 1. The summed E-state index contributed by atoms with van der Waals surface area (Å²) >= 11 is 1.16. The van der Waals surface area contributed by atoms with Gasteiger partial charge in [-0.25, -0.2) is 28.4 Å². The zero-order valence-corrected chi connectivity index (χ0v) is 25.9. The largest absolute Gasteiger partial charge is 0.361 e. The molecule has 0 atom stereocenters. The Kier molecular flexibility index (Phi) is 9.04. The van der Waals surface area contributed by atoms with Crippen LogP contribution in [0.2, 0.25) is 0 Å². The van der Waals surface area contributed by atoms with Gasteiger partial charge in [0, 0.05) is 36.8 Å². The van der Waals surface area contributed by atoms with E-state index < -0.39 is 35.5 Å². The number of halogens is 2. The third kappa shape index (κ3) is 6.31. The van der Waals surface area contributed by atoms with Crippen molar-refractivity contribution in [2.24, 2.45) is 0 Å². The fraction of sp³-hybridized carbons (Fsp3) is 0.233. The smallest absolute Gasteiger partial charge is 0.343 e. The second-order valence-electron chi connectivity index (χ2n) is 10.5. The summed E-state index contributed by atoms with van der Waals surface area (Å²) < 4.78 is 31.9. The molecule has 0 aliphatic rings. The van der Waals surface area contributed by atoms with Crippen LogP contribution in [0.4, 0.5) is 25.1 Å². The van der Waals surface area contributed by atoms with Crippen LogP contribution in [0.25, 0.3) is 26.5 Å².